The van der Waals surface area contributed by atoms with Crippen molar-refractivity contribution in [3.8, 4) is 0 Å². The van der Waals surface area contributed by atoms with Gasteiger partial charge in [-0.25, -0.2) is 4.98 Å². The predicted molar refractivity (Wildman–Crippen MR) is 121 cm³/mol. The smallest absolute Gasteiger partial charge is 0.222 e. The van der Waals surface area contributed by atoms with Gasteiger partial charge in [0.2, 0.25) is 11.0 Å². The molecule has 1 unspecified atom stereocenters. The van der Waals surface area contributed by atoms with Gasteiger partial charge in [-0.3, -0.25) is 4.79 Å². The molecule has 0 spiro atoms. The van der Waals surface area contributed by atoms with E-state index in [2.05, 4.69) is 59.2 Å². The molecule has 29 heavy (non-hydrogen) atoms. The summed E-state index contributed by atoms with van der Waals surface area (Å²) in [6, 6.07) is 8.76. The molecule has 2 heterocycles. The van der Waals surface area contributed by atoms with Crippen LogP contribution < -0.4 is 4.90 Å². The normalized spacial score (nSPS) is 17.0. The molecule has 1 aromatic heterocycles. The Morgan fingerprint density at radius 2 is 1.90 bits per heavy atom. The van der Waals surface area contributed by atoms with Crippen molar-refractivity contribution in [3.63, 3.8) is 0 Å². The Bertz CT molecular complexity index is 773. The lowest BCUT2D eigenvalue weighted by molar-refractivity contribution is -0.133. The number of carbonyl (C=O) groups is 1. The summed E-state index contributed by atoms with van der Waals surface area (Å²) in [6.07, 6.45) is 7.40. The number of hydrogen-bond donors (Lipinski definition) is 0. The van der Waals surface area contributed by atoms with E-state index in [1.165, 1.54) is 48.3 Å². The monoisotopic (exact) mass is 414 g/mol. The molecule has 1 aromatic carbocycles. The number of rotatable bonds is 9. The highest BCUT2D eigenvalue weighted by Gasteiger charge is 2.28. The van der Waals surface area contributed by atoms with Crippen LogP contribution in [0.15, 0.2) is 24.3 Å². The number of benzene rings is 1. The first-order valence-electron chi connectivity index (χ1n) is 11.0. The third kappa shape index (κ3) is 6.26. The number of carbonyl (C=O) groups excluding carboxylic acids is 1. The van der Waals surface area contributed by atoms with Crippen LogP contribution in [-0.2, 0) is 11.2 Å². The minimum atomic E-state index is 0.219. The third-order valence-electron chi connectivity index (χ3n) is 5.65. The van der Waals surface area contributed by atoms with Crippen LogP contribution >= 0.6 is 11.5 Å². The van der Waals surface area contributed by atoms with Gasteiger partial charge in [0.1, 0.15) is 5.82 Å². The standard InChI is InChI=1S/C23H34N4OS/c1-4-5-6-7-8-9-22(28)27-15-14-26(17-19(27)3)23-24-21(25-29-23)16-20-12-10-18(2)11-13-20/h10-13,19H,4-9,14-17H2,1-3H3. The van der Waals surface area contributed by atoms with Crippen LogP contribution in [0.4, 0.5) is 5.13 Å². The maximum Gasteiger partial charge on any atom is 0.222 e. The van der Waals surface area contributed by atoms with E-state index in [0.29, 0.717) is 12.3 Å². The van der Waals surface area contributed by atoms with Crippen molar-refractivity contribution < 1.29 is 4.79 Å². The van der Waals surface area contributed by atoms with Crippen molar-refractivity contribution in [1.29, 1.82) is 0 Å². The number of aryl methyl sites for hydroxylation is 1. The largest absolute Gasteiger partial charge is 0.343 e. The molecule has 0 N–H and O–H groups in total. The molecule has 6 heteroatoms. The second-order valence-corrected chi connectivity index (χ2v) is 8.93. The summed E-state index contributed by atoms with van der Waals surface area (Å²) in [4.78, 5) is 21.7. The molecule has 5 nitrogen and oxygen atoms in total. The zero-order valence-corrected chi connectivity index (χ0v) is 18.9. The van der Waals surface area contributed by atoms with E-state index in [1.54, 1.807) is 0 Å². The highest BCUT2D eigenvalue weighted by Crippen LogP contribution is 2.23. The summed E-state index contributed by atoms with van der Waals surface area (Å²) in [5, 5.41) is 0.977. The molecule has 158 valence electrons. The van der Waals surface area contributed by atoms with E-state index in [9.17, 15) is 4.79 Å². The number of hydrogen-bond acceptors (Lipinski definition) is 5. The summed E-state index contributed by atoms with van der Waals surface area (Å²) >= 11 is 1.47. The van der Waals surface area contributed by atoms with Crippen LogP contribution in [0.3, 0.4) is 0 Å². The number of piperazine rings is 1. The average molecular weight is 415 g/mol. The Morgan fingerprint density at radius 1 is 1.14 bits per heavy atom. The van der Waals surface area contributed by atoms with E-state index in [0.717, 1.165) is 43.4 Å². The van der Waals surface area contributed by atoms with Crippen molar-refractivity contribution in [2.45, 2.75) is 71.8 Å². The zero-order valence-electron chi connectivity index (χ0n) is 18.1. The molecule has 0 radical (unpaired) electrons. The van der Waals surface area contributed by atoms with Gasteiger partial charge < -0.3 is 9.80 Å². The van der Waals surface area contributed by atoms with Crippen LogP contribution in [0.5, 0.6) is 0 Å². The second-order valence-electron chi connectivity index (χ2n) is 8.20. The summed E-state index contributed by atoms with van der Waals surface area (Å²) < 4.78 is 4.56. The molecule has 2 aromatic rings. The number of anilines is 1. The van der Waals surface area contributed by atoms with Crippen molar-refractivity contribution >= 4 is 22.6 Å². The Balaban J connectivity index is 1.48. The molecule has 3 rings (SSSR count). The Hall–Kier alpha value is -1.95. The molecular weight excluding hydrogens is 380 g/mol. The SMILES string of the molecule is CCCCCCCC(=O)N1CCN(c2nc(Cc3ccc(C)cc3)ns2)CC1C. The Kier molecular flexibility index (Phi) is 8.04. The first-order valence-corrected chi connectivity index (χ1v) is 11.8. The van der Waals surface area contributed by atoms with Gasteiger partial charge in [0.25, 0.3) is 0 Å². The maximum atomic E-state index is 12.6. The first-order chi connectivity index (χ1) is 14.1. The van der Waals surface area contributed by atoms with Gasteiger partial charge in [-0.15, -0.1) is 0 Å². The topological polar surface area (TPSA) is 49.3 Å². The zero-order chi connectivity index (χ0) is 20.6. The fourth-order valence-corrected chi connectivity index (χ4v) is 4.58. The molecule has 0 aliphatic carbocycles. The van der Waals surface area contributed by atoms with Crippen LogP contribution in [0.25, 0.3) is 0 Å². The quantitative estimate of drug-likeness (QED) is 0.551. The molecule has 1 aliphatic heterocycles. The second kappa shape index (κ2) is 10.7. The lowest BCUT2D eigenvalue weighted by Crippen LogP contribution is -2.54. The van der Waals surface area contributed by atoms with E-state index in [1.807, 2.05) is 0 Å². The van der Waals surface area contributed by atoms with Crippen molar-refractivity contribution in [2.24, 2.45) is 0 Å². The van der Waals surface area contributed by atoms with Crippen LogP contribution in [0, 0.1) is 6.92 Å². The molecule has 1 amide bonds. The molecular formula is C23H34N4OS. The summed E-state index contributed by atoms with van der Waals surface area (Å²) in [6.45, 7) is 8.92. The van der Waals surface area contributed by atoms with Gasteiger partial charge in [0.05, 0.1) is 0 Å². The number of aromatic nitrogens is 2. The Labute approximate surface area is 179 Å². The van der Waals surface area contributed by atoms with Gasteiger partial charge in [-0.1, -0.05) is 62.4 Å². The van der Waals surface area contributed by atoms with E-state index >= 15 is 0 Å². The highest BCUT2D eigenvalue weighted by atomic mass is 32.1. The maximum absolute atomic E-state index is 12.6. The van der Waals surface area contributed by atoms with Gasteiger partial charge in [-0.2, -0.15) is 4.37 Å². The lowest BCUT2D eigenvalue weighted by Gasteiger charge is -2.39. The fourth-order valence-electron chi connectivity index (χ4n) is 3.86. The third-order valence-corrected chi connectivity index (χ3v) is 6.47. The average Bonchev–Trinajstić information content (AvgIpc) is 3.18. The Morgan fingerprint density at radius 3 is 2.62 bits per heavy atom. The first kappa shape index (κ1) is 21.8. The molecule has 1 atom stereocenters. The summed E-state index contributed by atoms with van der Waals surface area (Å²) in [5.74, 6) is 1.19. The lowest BCUT2D eigenvalue weighted by atomic mass is 10.1. The summed E-state index contributed by atoms with van der Waals surface area (Å²) in [7, 11) is 0. The van der Waals surface area contributed by atoms with Crippen LogP contribution in [-0.4, -0.2) is 45.8 Å². The number of unbranched alkanes of at least 4 members (excludes halogenated alkanes) is 4. The van der Waals surface area contributed by atoms with Gasteiger partial charge >= 0.3 is 0 Å². The van der Waals surface area contributed by atoms with Crippen molar-refractivity contribution in [3.05, 3.63) is 41.2 Å². The fraction of sp³-hybridized carbons (Fsp3) is 0.609. The van der Waals surface area contributed by atoms with Crippen molar-refractivity contribution in [1.82, 2.24) is 14.3 Å². The van der Waals surface area contributed by atoms with Gasteiger partial charge in [0.15, 0.2) is 0 Å². The molecule has 1 saturated heterocycles. The number of nitrogens with zero attached hydrogens (tertiary/aromatic N) is 4. The van der Waals surface area contributed by atoms with Gasteiger partial charge in [0, 0.05) is 50.1 Å². The molecule has 0 bridgehead atoms. The number of amides is 1. The molecule has 1 aliphatic rings. The highest BCUT2D eigenvalue weighted by molar-refractivity contribution is 7.09. The minimum absolute atomic E-state index is 0.219. The summed E-state index contributed by atoms with van der Waals surface area (Å²) in [5.41, 5.74) is 2.51. The van der Waals surface area contributed by atoms with Gasteiger partial charge in [-0.05, 0) is 25.8 Å². The van der Waals surface area contributed by atoms with E-state index in [4.69, 9.17) is 4.98 Å². The van der Waals surface area contributed by atoms with E-state index < -0.39 is 0 Å². The predicted octanol–water partition coefficient (Wildman–Crippen LogP) is 4.83. The van der Waals surface area contributed by atoms with Crippen LogP contribution in [0.1, 0.15) is 69.3 Å². The van der Waals surface area contributed by atoms with E-state index in [-0.39, 0.29) is 6.04 Å². The minimum Gasteiger partial charge on any atom is -0.343 e. The van der Waals surface area contributed by atoms with Crippen molar-refractivity contribution in [2.75, 3.05) is 24.5 Å². The molecule has 1 fully saturated rings. The van der Waals surface area contributed by atoms with Crippen LogP contribution in [0.2, 0.25) is 0 Å². The molecule has 0 saturated carbocycles.